The maximum atomic E-state index is 12.7. The van der Waals surface area contributed by atoms with Gasteiger partial charge in [0.05, 0.1) is 10.9 Å². The van der Waals surface area contributed by atoms with Gasteiger partial charge < -0.3 is 5.32 Å². The standard InChI is InChI=1S/C19H24ClN5OS/c1-11(17-10-13-3-4-14(17)9-13)21-18(26)12(2)27-19-22-23-24-25(19)16-7-5-15(20)6-8-16/h5-8,11-14,17H,3-4,9-10H2,1-2H3,(H,21,26). The van der Waals surface area contributed by atoms with Gasteiger partial charge in [0.1, 0.15) is 0 Å². The molecule has 0 aliphatic heterocycles. The molecule has 0 saturated heterocycles. The fourth-order valence-corrected chi connectivity index (χ4v) is 5.51. The molecule has 2 aliphatic rings. The minimum Gasteiger partial charge on any atom is -0.352 e. The number of hydrogen-bond donors (Lipinski definition) is 1. The summed E-state index contributed by atoms with van der Waals surface area (Å²) < 4.78 is 1.63. The monoisotopic (exact) mass is 405 g/mol. The Labute approximate surface area is 168 Å². The number of rotatable bonds is 6. The van der Waals surface area contributed by atoms with Gasteiger partial charge in [0.15, 0.2) is 0 Å². The molecule has 144 valence electrons. The summed E-state index contributed by atoms with van der Waals surface area (Å²) in [6.07, 6.45) is 5.32. The topological polar surface area (TPSA) is 72.7 Å². The van der Waals surface area contributed by atoms with E-state index in [1.807, 2.05) is 19.1 Å². The number of hydrogen-bond acceptors (Lipinski definition) is 5. The number of carbonyl (C=O) groups excluding carboxylic acids is 1. The second kappa shape index (κ2) is 7.80. The number of aromatic nitrogens is 4. The molecule has 1 aromatic carbocycles. The maximum Gasteiger partial charge on any atom is 0.233 e. The Balaban J connectivity index is 1.38. The lowest BCUT2D eigenvalue weighted by molar-refractivity contribution is -0.121. The highest BCUT2D eigenvalue weighted by atomic mass is 35.5. The molecule has 0 spiro atoms. The lowest BCUT2D eigenvalue weighted by Gasteiger charge is -2.29. The first-order valence-electron chi connectivity index (χ1n) is 9.52. The van der Waals surface area contributed by atoms with Crippen LogP contribution in [0.1, 0.15) is 39.5 Å². The van der Waals surface area contributed by atoms with Crippen molar-refractivity contribution in [3.8, 4) is 5.69 Å². The minimum atomic E-state index is -0.275. The van der Waals surface area contributed by atoms with Crippen molar-refractivity contribution in [2.45, 2.75) is 56.0 Å². The molecule has 1 amide bonds. The Bertz CT molecular complexity index is 811. The van der Waals surface area contributed by atoms with E-state index >= 15 is 0 Å². The first-order valence-corrected chi connectivity index (χ1v) is 10.8. The van der Waals surface area contributed by atoms with E-state index in [0.29, 0.717) is 16.1 Å². The van der Waals surface area contributed by atoms with Crippen LogP contribution in [0.15, 0.2) is 29.4 Å². The molecule has 2 saturated carbocycles. The molecule has 0 radical (unpaired) electrons. The van der Waals surface area contributed by atoms with Crippen molar-refractivity contribution in [2.24, 2.45) is 17.8 Å². The number of fused-ring (bicyclic) bond motifs is 2. The average Bonchev–Trinajstić information content (AvgIpc) is 3.39. The van der Waals surface area contributed by atoms with Gasteiger partial charge >= 0.3 is 0 Å². The highest BCUT2D eigenvalue weighted by molar-refractivity contribution is 8.00. The number of carbonyl (C=O) groups is 1. The normalized spacial score (nSPS) is 26.1. The summed E-state index contributed by atoms with van der Waals surface area (Å²) in [5.41, 5.74) is 0.815. The largest absolute Gasteiger partial charge is 0.352 e. The zero-order chi connectivity index (χ0) is 19.0. The quantitative estimate of drug-likeness (QED) is 0.741. The highest BCUT2D eigenvalue weighted by Gasteiger charge is 2.42. The van der Waals surface area contributed by atoms with E-state index < -0.39 is 0 Å². The first-order chi connectivity index (χ1) is 13.0. The fraction of sp³-hybridized carbons (Fsp3) is 0.579. The third kappa shape index (κ3) is 3.99. The number of benzene rings is 1. The van der Waals surface area contributed by atoms with Crippen molar-refractivity contribution >= 4 is 29.3 Å². The summed E-state index contributed by atoms with van der Waals surface area (Å²) in [7, 11) is 0. The summed E-state index contributed by atoms with van der Waals surface area (Å²) in [5, 5.41) is 16.1. The zero-order valence-corrected chi connectivity index (χ0v) is 17.1. The van der Waals surface area contributed by atoms with Gasteiger partial charge in [-0.25, -0.2) is 0 Å². The zero-order valence-electron chi connectivity index (χ0n) is 15.5. The molecule has 2 bridgehead atoms. The van der Waals surface area contributed by atoms with Gasteiger partial charge in [-0.1, -0.05) is 29.8 Å². The van der Waals surface area contributed by atoms with Crippen molar-refractivity contribution in [3.63, 3.8) is 0 Å². The maximum absolute atomic E-state index is 12.7. The second-order valence-electron chi connectivity index (χ2n) is 7.75. The van der Waals surface area contributed by atoms with Crippen LogP contribution in [-0.2, 0) is 4.79 Å². The van der Waals surface area contributed by atoms with Gasteiger partial charge in [-0.3, -0.25) is 4.79 Å². The van der Waals surface area contributed by atoms with Crippen LogP contribution in [0.4, 0.5) is 0 Å². The third-order valence-corrected chi connectivity index (χ3v) is 7.25. The fourth-order valence-electron chi connectivity index (χ4n) is 4.56. The summed E-state index contributed by atoms with van der Waals surface area (Å²) in [4.78, 5) is 12.7. The van der Waals surface area contributed by atoms with Gasteiger partial charge in [-0.2, -0.15) is 4.68 Å². The molecule has 8 heteroatoms. The van der Waals surface area contributed by atoms with E-state index in [0.717, 1.165) is 17.5 Å². The van der Waals surface area contributed by atoms with Crippen molar-refractivity contribution in [1.82, 2.24) is 25.5 Å². The number of thioether (sulfide) groups is 1. The van der Waals surface area contributed by atoms with Gasteiger partial charge in [0.25, 0.3) is 0 Å². The predicted octanol–water partition coefficient (Wildman–Crippen LogP) is 3.74. The molecule has 6 nitrogen and oxygen atoms in total. The molecule has 1 N–H and O–H groups in total. The molecular weight excluding hydrogens is 382 g/mol. The van der Waals surface area contributed by atoms with Crippen molar-refractivity contribution in [2.75, 3.05) is 0 Å². The lowest BCUT2D eigenvalue weighted by Crippen LogP contribution is -2.43. The summed E-state index contributed by atoms with van der Waals surface area (Å²) in [6.45, 7) is 4.05. The lowest BCUT2D eigenvalue weighted by atomic mass is 9.84. The van der Waals surface area contributed by atoms with Crippen LogP contribution in [0.5, 0.6) is 0 Å². The van der Waals surface area contributed by atoms with Gasteiger partial charge in [0, 0.05) is 11.1 Å². The number of tetrazole rings is 1. The van der Waals surface area contributed by atoms with Gasteiger partial charge in [0.2, 0.25) is 11.1 Å². The Morgan fingerprint density at radius 2 is 2.04 bits per heavy atom. The summed E-state index contributed by atoms with van der Waals surface area (Å²) in [5.74, 6) is 2.35. The van der Waals surface area contributed by atoms with Crippen molar-refractivity contribution in [3.05, 3.63) is 29.3 Å². The van der Waals surface area contributed by atoms with E-state index in [9.17, 15) is 4.79 Å². The van der Waals surface area contributed by atoms with Gasteiger partial charge in [-0.05, 0) is 85.6 Å². The molecular formula is C19H24ClN5OS. The van der Waals surface area contributed by atoms with Crippen LogP contribution in [0.2, 0.25) is 5.02 Å². The predicted molar refractivity (Wildman–Crippen MR) is 106 cm³/mol. The SMILES string of the molecule is CC(Sc1nnnn1-c1ccc(Cl)cc1)C(=O)NC(C)C1CC2CCC1C2. The number of nitrogens with zero attached hydrogens (tertiary/aromatic N) is 4. The summed E-state index contributed by atoms with van der Waals surface area (Å²) >= 11 is 7.31. The van der Waals surface area contributed by atoms with Crippen molar-refractivity contribution in [1.29, 1.82) is 0 Å². The molecule has 5 unspecified atom stereocenters. The van der Waals surface area contributed by atoms with Crippen LogP contribution in [0.25, 0.3) is 5.69 Å². The molecule has 2 aromatic rings. The Kier molecular flexibility index (Phi) is 5.41. The first kappa shape index (κ1) is 18.7. The second-order valence-corrected chi connectivity index (χ2v) is 9.49. The van der Waals surface area contributed by atoms with Crippen LogP contribution in [0.3, 0.4) is 0 Å². The van der Waals surface area contributed by atoms with Crippen LogP contribution >= 0.6 is 23.4 Å². The summed E-state index contributed by atoms with van der Waals surface area (Å²) in [6, 6.07) is 7.51. The van der Waals surface area contributed by atoms with Crippen molar-refractivity contribution < 1.29 is 4.79 Å². The molecule has 4 rings (SSSR count). The number of nitrogens with one attached hydrogen (secondary N) is 1. The highest BCUT2D eigenvalue weighted by Crippen LogP contribution is 2.49. The molecule has 1 aromatic heterocycles. The smallest absolute Gasteiger partial charge is 0.233 e. The molecule has 2 aliphatic carbocycles. The van der Waals surface area contributed by atoms with E-state index in [1.54, 1.807) is 16.8 Å². The van der Waals surface area contributed by atoms with Crippen LogP contribution < -0.4 is 5.32 Å². The van der Waals surface area contributed by atoms with Gasteiger partial charge in [-0.15, -0.1) is 5.10 Å². The van der Waals surface area contributed by atoms with E-state index in [2.05, 4.69) is 27.8 Å². The average molecular weight is 406 g/mol. The van der Waals surface area contributed by atoms with E-state index in [-0.39, 0.29) is 17.2 Å². The van der Waals surface area contributed by atoms with Crippen LogP contribution in [0, 0.1) is 17.8 Å². The Hall–Kier alpha value is -1.60. The number of halogens is 1. The van der Waals surface area contributed by atoms with E-state index in [4.69, 9.17) is 11.6 Å². The molecule has 5 atom stereocenters. The Morgan fingerprint density at radius 3 is 2.70 bits per heavy atom. The minimum absolute atomic E-state index is 0.0425. The molecule has 2 fully saturated rings. The third-order valence-electron chi connectivity index (χ3n) is 5.97. The Morgan fingerprint density at radius 1 is 1.26 bits per heavy atom. The van der Waals surface area contributed by atoms with Crippen LogP contribution in [-0.4, -0.2) is 37.4 Å². The number of amides is 1. The molecule has 1 heterocycles. The molecule has 27 heavy (non-hydrogen) atoms. The van der Waals surface area contributed by atoms with E-state index in [1.165, 1.54) is 37.4 Å².